The van der Waals surface area contributed by atoms with Crippen LogP contribution in [0.1, 0.15) is 86.0 Å². The summed E-state index contributed by atoms with van der Waals surface area (Å²) in [6.07, 6.45) is 5.90. The number of ether oxygens (including phenoxy) is 1. The number of hydrogen-bond acceptors (Lipinski definition) is 8. The molecular formula is C35H39F3N6O5S. The smallest absolute Gasteiger partial charge is 0.416 e. The van der Waals surface area contributed by atoms with Crippen molar-refractivity contribution in [2.75, 3.05) is 12.9 Å². The Morgan fingerprint density at radius 1 is 1.10 bits per heavy atom. The molecule has 266 valence electrons. The van der Waals surface area contributed by atoms with E-state index >= 15 is 0 Å². The highest BCUT2D eigenvalue weighted by Gasteiger charge is 2.65. The Kier molecular flexibility index (Phi) is 9.27. The number of Topliss-reactive ketones (excluding diaryl/α,β-unsaturated/α-hetero) is 1. The van der Waals surface area contributed by atoms with E-state index in [4.69, 9.17) is 9.29 Å². The minimum atomic E-state index is -4.42. The number of hydrogen-bond donors (Lipinski definition) is 1. The zero-order chi connectivity index (χ0) is 36.1. The van der Waals surface area contributed by atoms with E-state index < -0.39 is 38.9 Å². The first-order valence-corrected chi connectivity index (χ1v) is 18.0. The predicted octanol–water partition coefficient (Wildman–Crippen LogP) is 6.56. The van der Waals surface area contributed by atoms with Crippen LogP contribution in [0.2, 0.25) is 0 Å². The van der Waals surface area contributed by atoms with Gasteiger partial charge in [-0.05, 0) is 79.9 Å². The van der Waals surface area contributed by atoms with Crippen LogP contribution < -0.4 is 4.74 Å². The molecule has 1 aromatic carbocycles. The van der Waals surface area contributed by atoms with Gasteiger partial charge in [-0.25, -0.2) is 19.6 Å². The van der Waals surface area contributed by atoms with E-state index in [1.807, 2.05) is 43.7 Å². The second kappa shape index (κ2) is 13.1. The lowest BCUT2D eigenvalue weighted by molar-refractivity contribution is -0.138. The summed E-state index contributed by atoms with van der Waals surface area (Å²) in [5.41, 5.74) is 0.761. The van der Waals surface area contributed by atoms with E-state index in [-0.39, 0.29) is 22.7 Å². The van der Waals surface area contributed by atoms with Gasteiger partial charge in [-0.1, -0.05) is 32.0 Å². The highest BCUT2D eigenvalue weighted by molar-refractivity contribution is 7.85. The fourth-order valence-electron chi connectivity index (χ4n) is 7.81. The molecular weight excluding hydrogens is 673 g/mol. The van der Waals surface area contributed by atoms with Gasteiger partial charge in [0.1, 0.15) is 17.3 Å². The molecule has 1 N–H and O–H groups in total. The second-order valence-corrected chi connectivity index (χ2v) is 15.2. The first kappa shape index (κ1) is 35.5. The van der Waals surface area contributed by atoms with Crippen molar-refractivity contribution in [3.05, 3.63) is 83.1 Å². The number of fused-ring (bicyclic) bond motifs is 3. The lowest BCUT2D eigenvalue weighted by atomic mass is 9.70. The fraction of sp³-hybridized carbons (Fsp3) is 0.457. The van der Waals surface area contributed by atoms with E-state index in [2.05, 4.69) is 20.1 Å². The standard InChI is InChI=1S/C25H23F3N6O.C10H16O4S/c1-16-14-33(15-29-16)21-11-9-17(30-24(21)35-2)10-12-22-31-23-19(7-5-13-34(23)32-22)18-6-3-4-8-20(18)25(26,27)28;1-9(2)7-3-4-10(9,8(11)5-7)6-15(12,13)14/h3-4,6,8-12,14-15,19H,5,7,13H2,1-2H3;7H,3-6H2,1-2H3,(H,12,13,14)/b12-10+;/t19-;7-,10-/m01/s1. The highest BCUT2D eigenvalue weighted by atomic mass is 32.2. The van der Waals surface area contributed by atoms with Crippen molar-refractivity contribution in [3.63, 3.8) is 0 Å². The van der Waals surface area contributed by atoms with Crippen LogP contribution in [0.3, 0.4) is 0 Å². The molecule has 1 aliphatic heterocycles. The number of nitrogens with zero attached hydrogens (tertiary/aromatic N) is 6. The van der Waals surface area contributed by atoms with Crippen molar-refractivity contribution in [3.8, 4) is 11.6 Å². The number of carbonyl (C=O) groups excluding carboxylic acids is 1. The maximum Gasteiger partial charge on any atom is 0.416 e. The van der Waals surface area contributed by atoms with Crippen LogP contribution in [0.5, 0.6) is 5.88 Å². The monoisotopic (exact) mass is 712 g/mol. The van der Waals surface area contributed by atoms with Gasteiger partial charge >= 0.3 is 6.18 Å². The average Bonchev–Trinajstić information content (AvgIpc) is 3.78. The van der Waals surface area contributed by atoms with Crippen molar-refractivity contribution >= 4 is 28.1 Å². The predicted molar refractivity (Wildman–Crippen MR) is 179 cm³/mol. The van der Waals surface area contributed by atoms with Gasteiger partial charge < -0.3 is 9.30 Å². The van der Waals surface area contributed by atoms with Crippen LogP contribution in [-0.4, -0.2) is 60.9 Å². The van der Waals surface area contributed by atoms with Crippen LogP contribution >= 0.6 is 0 Å². The van der Waals surface area contributed by atoms with E-state index in [0.29, 0.717) is 49.0 Å². The summed E-state index contributed by atoms with van der Waals surface area (Å²) in [4.78, 5) is 25.2. The lowest BCUT2D eigenvalue weighted by Gasteiger charge is -2.35. The van der Waals surface area contributed by atoms with Gasteiger partial charge in [-0.2, -0.15) is 26.7 Å². The molecule has 0 radical (unpaired) electrons. The third-order valence-corrected chi connectivity index (χ3v) is 11.4. The van der Waals surface area contributed by atoms with Crippen molar-refractivity contribution in [1.82, 2.24) is 29.3 Å². The zero-order valence-electron chi connectivity index (χ0n) is 28.2. The molecule has 15 heteroatoms. The zero-order valence-corrected chi connectivity index (χ0v) is 29.0. The van der Waals surface area contributed by atoms with Crippen molar-refractivity contribution in [2.45, 2.75) is 71.5 Å². The number of aryl methyl sites for hydroxylation is 2. The van der Waals surface area contributed by atoms with Gasteiger partial charge in [-0.15, -0.1) is 0 Å². The number of benzene rings is 1. The number of methoxy groups -OCH3 is 1. The topological polar surface area (TPSA) is 142 Å². The van der Waals surface area contributed by atoms with Crippen molar-refractivity contribution in [1.29, 1.82) is 0 Å². The number of alkyl halides is 3. The molecule has 4 heterocycles. The van der Waals surface area contributed by atoms with E-state index in [0.717, 1.165) is 30.3 Å². The Hall–Kier alpha value is -4.37. The summed E-state index contributed by atoms with van der Waals surface area (Å²) >= 11 is 0. The number of rotatable bonds is 7. The number of ketones is 1. The average molecular weight is 713 g/mol. The van der Waals surface area contributed by atoms with Gasteiger partial charge in [0.15, 0.2) is 5.82 Å². The maximum absolute atomic E-state index is 13.6. The molecule has 3 atom stereocenters. The second-order valence-electron chi connectivity index (χ2n) is 13.7. The van der Waals surface area contributed by atoms with Crippen LogP contribution in [0, 0.1) is 23.7 Å². The van der Waals surface area contributed by atoms with E-state index in [9.17, 15) is 26.4 Å². The van der Waals surface area contributed by atoms with Crippen molar-refractivity contribution in [2.24, 2.45) is 16.7 Å². The number of carbonyl (C=O) groups is 1. The molecule has 0 amide bonds. The molecule has 0 saturated heterocycles. The van der Waals surface area contributed by atoms with Crippen LogP contribution in [0.25, 0.3) is 17.8 Å². The molecule has 11 nitrogen and oxygen atoms in total. The number of halogens is 3. The Balaban J connectivity index is 0.000000240. The van der Waals surface area contributed by atoms with Gasteiger partial charge in [0.05, 0.1) is 41.6 Å². The van der Waals surface area contributed by atoms with Crippen LogP contribution in [-0.2, 0) is 27.6 Å². The molecule has 2 saturated carbocycles. The summed E-state index contributed by atoms with van der Waals surface area (Å²) in [7, 11) is -2.53. The normalized spacial score (nSPS) is 22.8. The summed E-state index contributed by atoms with van der Waals surface area (Å²) in [5, 5.41) is 4.51. The van der Waals surface area contributed by atoms with E-state index in [1.54, 1.807) is 36.3 Å². The number of imidazole rings is 1. The maximum atomic E-state index is 13.6. The van der Waals surface area contributed by atoms with Crippen molar-refractivity contribution < 1.29 is 35.7 Å². The quantitative estimate of drug-likeness (QED) is 0.211. The number of pyridine rings is 1. The van der Waals surface area contributed by atoms with Crippen LogP contribution in [0.15, 0.2) is 48.9 Å². The van der Waals surface area contributed by atoms with Gasteiger partial charge in [0, 0.05) is 25.1 Å². The van der Waals surface area contributed by atoms with Crippen LogP contribution in [0.4, 0.5) is 13.2 Å². The fourth-order valence-corrected chi connectivity index (χ4v) is 9.11. The van der Waals surface area contributed by atoms with Gasteiger partial charge in [-0.3, -0.25) is 9.35 Å². The first-order chi connectivity index (χ1) is 23.5. The molecule has 7 rings (SSSR count). The SMILES string of the molecule is CC1(C)[C@@H]2CC[C@@]1(CS(=O)(=O)O)C(=O)C2.COc1nc(/C=C/c2nc3n(n2)CCC[C@H]3c2ccccc2C(F)(F)F)ccc1-n1cnc(C)c1. The molecule has 4 aromatic rings. The molecule has 2 fully saturated rings. The Morgan fingerprint density at radius 2 is 1.86 bits per heavy atom. The first-order valence-electron chi connectivity index (χ1n) is 16.4. The third kappa shape index (κ3) is 6.72. The van der Waals surface area contributed by atoms with Gasteiger partial charge in [0.2, 0.25) is 5.88 Å². The number of aromatic nitrogens is 6. The minimum absolute atomic E-state index is 0.0152. The summed E-state index contributed by atoms with van der Waals surface area (Å²) < 4.78 is 80.8. The molecule has 2 aliphatic carbocycles. The molecule has 2 bridgehead atoms. The Morgan fingerprint density at radius 3 is 2.48 bits per heavy atom. The molecule has 0 spiro atoms. The summed E-state index contributed by atoms with van der Waals surface area (Å²) in [6, 6.07) is 9.42. The molecule has 0 unspecified atom stereocenters. The highest BCUT2D eigenvalue weighted by Crippen LogP contribution is 2.64. The molecule has 50 heavy (non-hydrogen) atoms. The summed E-state index contributed by atoms with van der Waals surface area (Å²) in [6.45, 7) is 6.41. The largest absolute Gasteiger partial charge is 0.479 e. The molecule has 3 aromatic heterocycles. The Labute approximate surface area is 288 Å². The van der Waals surface area contributed by atoms with E-state index in [1.165, 1.54) is 12.1 Å². The minimum Gasteiger partial charge on any atom is -0.479 e. The summed E-state index contributed by atoms with van der Waals surface area (Å²) in [5.74, 6) is 0.837. The Bertz CT molecular complexity index is 2050. The lowest BCUT2D eigenvalue weighted by Crippen LogP contribution is -2.42. The molecule has 3 aliphatic rings. The third-order valence-electron chi connectivity index (χ3n) is 10.5. The van der Waals surface area contributed by atoms with Gasteiger partial charge in [0.25, 0.3) is 10.1 Å².